The van der Waals surface area contributed by atoms with E-state index in [9.17, 15) is 8.78 Å². The lowest BCUT2D eigenvalue weighted by molar-refractivity contribution is 0.627. The van der Waals surface area contributed by atoms with E-state index in [2.05, 4.69) is 169 Å². The minimum absolute atomic E-state index is 0.348. The highest BCUT2D eigenvalue weighted by Crippen LogP contribution is 2.45. The third kappa shape index (κ3) is 7.81. The molecule has 13 rings (SSSR count). The Labute approximate surface area is 414 Å². The number of rotatable bonds is 10. The van der Waals surface area contributed by atoms with Crippen LogP contribution >= 0.6 is 0 Å². The standard InChI is InChI=1S/C66H42F2N2O2/c67-51-29-35-56(36-30-51)70(57-14-7-11-52(68)42-57)61-16-8-18-65-66(61)60-41-50(28-38-64(60)72-65)48-10-6-9-47(39-48)45-21-19-43(20-22-45)44-23-31-54(32-24-44)69(53-12-2-1-3-13-53)55-33-25-46(26-34-55)49-27-37-63-59(40-49)58-15-4-5-17-62(58)71-63/h1-42H. The van der Waals surface area contributed by atoms with Gasteiger partial charge in [0.1, 0.15) is 34.0 Å². The van der Waals surface area contributed by atoms with Crippen LogP contribution in [0.4, 0.5) is 42.9 Å². The van der Waals surface area contributed by atoms with E-state index in [0.717, 1.165) is 106 Å². The molecular weight excluding hydrogens is 891 g/mol. The van der Waals surface area contributed by atoms with Crippen molar-refractivity contribution in [3.05, 3.63) is 266 Å². The number of nitrogens with zero attached hydrogens (tertiary/aromatic N) is 2. The maximum absolute atomic E-state index is 14.7. The fourth-order valence-corrected chi connectivity index (χ4v) is 10.1. The second-order valence-corrected chi connectivity index (χ2v) is 18.0. The van der Waals surface area contributed by atoms with Crippen LogP contribution in [0.5, 0.6) is 0 Å². The number of hydrogen-bond acceptors (Lipinski definition) is 4. The van der Waals surface area contributed by atoms with Crippen molar-refractivity contribution in [3.8, 4) is 44.5 Å². The molecule has 0 aliphatic rings. The van der Waals surface area contributed by atoms with E-state index in [4.69, 9.17) is 8.83 Å². The summed E-state index contributed by atoms with van der Waals surface area (Å²) >= 11 is 0. The smallest absolute Gasteiger partial charge is 0.137 e. The number of hydrogen-bond donors (Lipinski definition) is 0. The molecule has 0 aliphatic carbocycles. The maximum atomic E-state index is 14.7. The van der Waals surface area contributed by atoms with Crippen molar-refractivity contribution in [1.82, 2.24) is 0 Å². The molecule has 0 fully saturated rings. The van der Waals surface area contributed by atoms with Crippen LogP contribution in [0, 0.1) is 11.6 Å². The summed E-state index contributed by atoms with van der Waals surface area (Å²) < 4.78 is 41.4. The summed E-state index contributed by atoms with van der Waals surface area (Å²) in [6.07, 6.45) is 0. The summed E-state index contributed by atoms with van der Waals surface area (Å²) in [4.78, 5) is 4.23. The molecule has 0 radical (unpaired) electrons. The summed E-state index contributed by atoms with van der Waals surface area (Å²) in [5.41, 5.74) is 17.3. The van der Waals surface area contributed by atoms with Gasteiger partial charge in [-0.15, -0.1) is 0 Å². The zero-order valence-electron chi connectivity index (χ0n) is 38.7. The van der Waals surface area contributed by atoms with Gasteiger partial charge in [-0.25, -0.2) is 8.78 Å². The van der Waals surface area contributed by atoms with Gasteiger partial charge in [-0.05, 0) is 172 Å². The Morgan fingerprint density at radius 1 is 0.250 bits per heavy atom. The van der Waals surface area contributed by atoms with Crippen LogP contribution in [0.1, 0.15) is 0 Å². The first kappa shape index (κ1) is 42.6. The molecule has 13 aromatic rings. The Morgan fingerprint density at radius 2 is 0.694 bits per heavy atom. The SMILES string of the molecule is Fc1ccc(N(c2cccc(F)c2)c2cccc3oc4ccc(-c5cccc(-c6ccc(-c7ccc(N(c8ccccc8)c8ccc(-c9ccc%10oc%11ccccc%11c%10c9)cc8)cc7)cc6)c5)cc4c23)cc1. The van der Waals surface area contributed by atoms with Crippen LogP contribution in [-0.2, 0) is 0 Å². The zero-order chi connectivity index (χ0) is 48.1. The van der Waals surface area contributed by atoms with Gasteiger partial charge >= 0.3 is 0 Å². The van der Waals surface area contributed by atoms with Crippen molar-refractivity contribution in [2.75, 3.05) is 9.80 Å². The number of benzene rings is 11. The Balaban J connectivity index is 0.777. The van der Waals surface area contributed by atoms with Gasteiger partial charge < -0.3 is 18.6 Å². The molecule has 0 bridgehead atoms. The predicted octanol–water partition coefficient (Wildman–Crippen LogP) is 19.4. The van der Waals surface area contributed by atoms with Gasteiger partial charge in [0.25, 0.3) is 0 Å². The molecule has 0 N–H and O–H groups in total. The predicted molar refractivity (Wildman–Crippen MR) is 292 cm³/mol. The van der Waals surface area contributed by atoms with E-state index in [1.54, 1.807) is 18.2 Å². The lowest BCUT2D eigenvalue weighted by atomic mass is 9.96. The minimum Gasteiger partial charge on any atom is -0.456 e. The Hall–Kier alpha value is -9.52. The molecule has 0 unspecified atom stereocenters. The summed E-state index contributed by atoms with van der Waals surface area (Å²) in [6.45, 7) is 0. The first-order valence-electron chi connectivity index (χ1n) is 23.9. The largest absolute Gasteiger partial charge is 0.456 e. The van der Waals surface area contributed by atoms with Crippen molar-refractivity contribution in [3.63, 3.8) is 0 Å². The minimum atomic E-state index is -0.366. The number of anilines is 6. The molecular formula is C66H42F2N2O2. The second kappa shape index (κ2) is 17.8. The van der Waals surface area contributed by atoms with Crippen molar-refractivity contribution < 1.29 is 17.6 Å². The van der Waals surface area contributed by atoms with E-state index < -0.39 is 0 Å². The van der Waals surface area contributed by atoms with Crippen LogP contribution in [-0.4, -0.2) is 0 Å². The fourth-order valence-electron chi connectivity index (χ4n) is 10.1. The van der Waals surface area contributed by atoms with E-state index >= 15 is 0 Å². The summed E-state index contributed by atoms with van der Waals surface area (Å²) in [5, 5.41) is 4.03. The Bertz CT molecular complexity index is 4110. The van der Waals surface area contributed by atoms with E-state index in [-0.39, 0.29) is 11.6 Å². The molecule has 0 saturated heterocycles. The van der Waals surface area contributed by atoms with E-state index in [1.165, 1.54) is 24.3 Å². The molecule has 11 aromatic carbocycles. The van der Waals surface area contributed by atoms with Crippen molar-refractivity contribution in [1.29, 1.82) is 0 Å². The van der Waals surface area contributed by atoms with Gasteiger partial charge in [0, 0.05) is 44.6 Å². The fraction of sp³-hybridized carbons (Fsp3) is 0. The highest BCUT2D eigenvalue weighted by molar-refractivity contribution is 6.14. The van der Waals surface area contributed by atoms with Crippen molar-refractivity contribution >= 4 is 78.0 Å². The number of furan rings is 2. The summed E-state index contributed by atoms with van der Waals surface area (Å²) in [5.74, 6) is -0.714. The van der Waals surface area contributed by atoms with Crippen LogP contribution < -0.4 is 9.80 Å². The summed E-state index contributed by atoms with van der Waals surface area (Å²) in [7, 11) is 0. The first-order valence-corrected chi connectivity index (χ1v) is 23.9. The molecule has 4 nitrogen and oxygen atoms in total. The van der Waals surface area contributed by atoms with Gasteiger partial charge in [-0.3, -0.25) is 0 Å². The number of halogens is 2. The van der Waals surface area contributed by atoms with Gasteiger partial charge in [0.15, 0.2) is 0 Å². The molecule has 72 heavy (non-hydrogen) atoms. The third-order valence-electron chi connectivity index (χ3n) is 13.6. The molecule has 342 valence electrons. The molecule has 2 aromatic heterocycles. The van der Waals surface area contributed by atoms with Gasteiger partial charge in [0.05, 0.1) is 11.1 Å². The van der Waals surface area contributed by atoms with Gasteiger partial charge in [-0.1, -0.05) is 127 Å². The lowest BCUT2D eigenvalue weighted by Crippen LogP contribution is -2.10. The highest BCUT2D eigenvalue weighted by atomic mass is 19.1. The van der Waals surface area contributed by atoms with Crippen LogP contribution in [0.2, 0.25) is 0 Å². The van der Waals surface area contributed by atoms with E-state index in [0.29, 0.717) is 17.0 Å². The molecule has 0 atom stereocenters. The Morgan fingerprint density at radius 3 is 1.39 bits per heavy atom. The first-order chi connectivity index (χ1) is 35.5. The second-order valence-electron chi connectivity index (χ2n) is 18.0. The summed E-state index contributed by atoms with van der Waals surface area (Å²) in [6, 6.07) is 84.7. The normalized spacial score (nSPS) is 11.5. The lowest BCUT2D eigenvalue weighted by Gasteiger charge is -2.26. The number of fused-ring (bicyclic) bond motifs is 6. The van der Waals surface area contributed by atoms with Crippen LogP contribution in [0.25, 0.3) is 88.4 Å². The highest BCUT2D eigenvalue weighted by Gasteiger charge is 2.21. The molecule has 2 heterocycles. The molecule has 0 saturated carbocycles. The van der Waals surface area contributed by atoms with Gasteiger partial charge in [-0.2, -0.15) is 0 Å². The van der Waals surface area contributed by atoms with Crippen molar-refractivity contribution in [2.24, 2.45) is 0 Å². The monoisotopic (exact) mass is 932 g/mol. The Kier molecular flexibility index (Phi) is 10.5. The van der Waals surface area contributed by atoms with Crippen LogP contribution in [0.3, 0.4) is 0 Å². The molecule has 0 aliphatic heterocycles. The number of para-hydroxylation sites is 2. The van der Waals surface area contributed by atoms with E-state index in [1.807, 2.05) is 53.4 Å². The average molecular weight is 933 g/mol. The quantitative estimate of drug-likeness (QED) is 0.137. The molecule has 0 amide bonds. The third-order valence-corrected chi connectivity index (χ3v) is 13.6. The topological polar surface area (TPSA) is 32.8 Å². The van der Waals surface area contributed by atoms with Crippen LogP contribution in [0.15, 0.2) is 264 Å². The van der Waals surface area contributed by atoms with Crippen molar-refractivity contribution in [2.45, 2.75) is 0 Å². The molecule has 0 spiro atoms. The maximum Gasteiger partial charge on any atom is 0.137 e. The average Bonchev–Trinajstić information content (AvgIpc) is 4.01. The van der Waals surface area contributed by atoms with Gasteiger partial charge in [0.2, 0.25) is 0 Å². The zero-order valence-corrected chi connectivity index (χ0v) is 38.7. The molecule has 6 heteroatoms.